The van der Waals surface area contributed by atoms with Crippen LogP contribution in [0.25, 0.3) is 0 Å². The minimum atomic E-state index is -0.0362. The number of amides is 1. The van der Waals surface area contributed by atoms with Crippen LogP contribution in [0, 0.1) is 12.3 Å². The third-order valence-corrected chi connectivity index (χ3v) is 1.66. The van der Waals surface area contributed by atoms with Crippen molar-refractivity contribution in [3.63, 3.8) is 0 Å². The summed E-state index contributed by atoms with van der Waals surface area (Å²) in [7, 11) is 1.60. The number of carbonyl (C=O) groups is 1. The molecule has 0 saturated carbocycles. The van der Waals surface area contributed by atoms with Crippen molar-refractivity contribution >= 4 is 5.91 Å². The number of hydrogen-bond acceptors (Lipinski definition) is 3. The van der Waals surface area contributed by atoms with E-state index >= 15 is 0 Å². The molecular weight excluding hydrogens is 180 g/mol. The SMILES string of the molecule is C#CCC(C)NCC(=O)NCCOC. The Labute approximate surface area is 85.4 Å². The van der Waals surface area contributed by atoms with E-state index in [-0.39, 0.29) is 11.9 Å². The van der Waals surface area contributed by atoms with E-state index in [1.54, 1.807) is 7.11 Å². The zero-order valence-electron chi connectivity index (χ0n) is 8.80. The Morgan fingerprint density at radius 2 is 2.36 bits per heavy atom. The Bertz CT molecular complexity index is 199. The average molecular weight is 198 g/mol. The van der Waals surface area contributed by atoms with E-state index in [1.807, 2.05) is 6.92 Å². The summed E-state index contributed by atoms with van der Waals surface area (Å²) in [6.07, 6.45) is 5.76. The Balaban J connectivity index is 3.40. The number of methoxy groups -OCH3 is 1. The summed E-state index contributed by atoms with van der Waals surface area (Å²) in [5.74, 6) is 2.49. The van der Waals surface area contributed by atoms with Crippen LogP contribution in [0.15, 0.2) is 0 Å². The molecule has 4 heteroatoms. The Hall–Kier alpha value is -1.05. The van der Waals surface area contributed by atoms with Crippen LogP contribution in [0.5, 0.6) is 0 Å². The Morgan fingerprint density at radius 3 is 2.93 bits per heavy atom. The van der Waals surface area contributed by atoms with Gasteiger partial charge in [-0.1, -0.05) is 0 Å². The molecule has 0 heterocycles. The van der Waals surface area contributed by atoms with Gasteiger partial charge in [0.2, 0.25) is 5.91 Å². The van der Waals surface area contributed by atoms with Crippen molar-refractivity contribution in [2.45, 2.75) is 19.4 Å². The molecule has 0 fully saturated rings. The van der Waals surface area contributed by atoms with Crippen LogP contribution in [0.2, 0.25) is 0 Å². The second kappa shape index (κ2) is 8.54. The molecule has 1 atom stereocenters. The van der Waals surface area contributed by atoms with Gasteiger partial charge in [-0.05, 0) is 6.92 Å². The second-order valence-corrected chi connectivity index (χ2v) is 3.03. The van der Waals surface area contributed by atoms with Crippen LogP contribution >= 0.6 is 0 Å². The number of carbonyl (C=O) groups excluding carboxylic acids is 1. The summed E-state index contributed by atoms with van der Waals surface area (Å²) < 4.78 is 4.79. The molecule has 4 nitrogen and oxygen atoms in total. The summed E-state index contributed by atoms with van der Waals surface area (Å²) in [4.78, 5) is 11.1. The fourth-order valence-corrected chi connectivity index (χ4v) is 0.871. The fraction of sp³-hybridized carbons (Fsp3) is 0.700. The molecule has 0 bridgehead atoms. The highest BCUT2D eigenvalue weighted by atomic mass is 16.5. The van der Waals surface area contributed by atoms with Gasteiger partial charge in [0, 0.05) is 26.1 Å². The molecule has 1 amide bonds. The maximum Gasteiger partial charge on any atom is 0.234 e. The zero-order valence-corrected chi connectivity index (χ0v) is 8.80. The maximum atomic E-state index is 11.1. The van der Waals surface area contributed by atoms with Crippen LogP contribution in [0.3, 0.4) is 0 Å². The lowest BCUT2D eigenvalue weighted by Crippen LogP contribution is -2.38. The van der Waals surface area contributed by atoms with Crippen molar-refractivity contribution in [2.75, 3.05) is 26.8 Å². The molecule has 0 radical (unpaired) electrons. The lowest BCUT2D eigenvalue weighted by molar-refractivity contribution is -0.120. The summed E-state index contributed by atoms with van der Waals surface area (Å²) in [6, 6.07) is 0.174. The smallest absolute Gasteiger partial charge is 0.234 e. The first kappa shape index (κ1) is 12.9. The van der Waals surface area contributed by atoms with E-state index in [9.17, 15) is 4.79 Å². The van der Waals surface area contributed by atoms with Gasteiger partial charge in [-0.15, -0.1) is 12.3 Å². The molecular formula is C10H18N2O2. The summed E-state index contributed by atoms with van der Waals surface area (Å²) in [5.41, 5.74) is 0. The lowest BCUT2D eigenvalue weighted by Gasteiger charge is -2.10. The highest BCUT2D eigenvalue weighted by Crippen LogP contribution is 1.85. The third-order valence-electron chi connectivity index (χ3n) is 1.66. The minimum Gasteiger partial charge on any atom is -0.383 e. The second-order valence-electron chi connectivity index (χ2n) is 3.03. The van der Waals surface area contributed by atoms with E-state index in [1.165, 1.54) is 0 Å². The molecule has 0 aromatic rings. The van der Waals surface area contributed by atoms with Crippen LogP contribution in [0.4, 0.5) is 0 Å². The molecule has 0 saturated heterocycles. The fourth-order valence-electron chi connectivity index (χ4n) is 0.871. The predicted molar refractivity (Wildman–Crippen MR) is 55.8 cm³/mol. The molecule has 0 aliphatic carbocycles. The van der Waals surface area contributed by atoms with Crippen molar-refractivity contribution in [2.24, 2.45) is 0 Å². The van der Waals surface area contributed by atoms with Crippen molar-refractivity contribution in [1.82, 2.24) is 10.6 Å². The molecule has 0 aliphatic rings. The molecule has 80 valence electrons. The number of terminal acetylenes is 1. The first-order valence-corrected chi connectivity index (χ1v) is 4.63. The summed E-state index contributed by atoms with van der Waals surface area (Å²) in [5, 5.41) is 5.72. The van der Waals surface area contributed by atoms with E-state index in [0.717, 1.165) is 0 Å². The van der Waals surface area contributed by atoms with Crippen LogP contribution in [-0.4, -0.2) is 38.8 Å². The van der Waals surface area contributed by atoms with Gasteiger partial charge in [-0.2, -0.15) is 0 Å². The normalized spacial score (nSPS) is 11.8. The molecule has 2 N–H and O–H groups in total. The first-order chi connectivity index (χ1) is 6.70. The Morgan fingerprint density at radius 1 is 1.64 bits per heavy atom. The maximum absolute atomic E-state index is 11.1. The Kier molecular flexibility index (Phi) is 7.90. The highest BCUT2D eigenvalue weighted by molar-refractivity contribution is 5.77. The van der Waals surface area contributed by atoms with Crippen molar-refractivity contribution in [3.8, 4) is 12.3 Å². The monoisotopic (exact) mass is 198 g/mol. The quantitative estimate of drug-likeness (QED) is 0.438. The van der Waals surface area contributed by atoms with Crippen molar-refractivity contribution in [1.29, 1.82) is 0 Å². The van der Waals surface area contributed by atoms with E-state index in [4.69, 9.17) is 11.2 Å². The van der Waals surface area contributed by atoms with Crippen molar-refractivity contribution in [3.05, 3.63) is 0 Å². The van der Waals surface area contributed by atoms with E-state index in [0.29, 0.717) is 26.1 Å². The lowest BCUT2D eigenvalue weighted by atomic mass is 10.2. The van der Waals surface area contributed by atoms with E-state index < -0.39 is 0 Å². The number of ether oxygens (including phenoxy) is 1. The first-order valence-electron chi connectivity index (χ1n) is 4.63. The van der Waals surface area contributed by atoms with Crippen LogP contribution in [0.1, 0.15) is 13.3 Å². The number of nitrogens with one attached hydrogen (secondary N) is 2. The van der Waals surface area contributed by atoms with Gasteiger partial charge in [0.1, 0.15) is 0 Å². The zero-order chi connectivity index (χ0) is 10.8. The van der Waals surface area contributed by atoms with Gasteiger partial charge >= 0.3 is 0 Å². The van der Waals surface area contributed by atoms with Gasteiger partial charge in [-0.25, -0.2) is 0 Å². The summed E-state index contributed by atoms with van der Waals surface area (Å²) >= 11 is 0. The minimum absolute atomic E-state index is 0.0362. The number of hydrogen-bond donors (Lipinski definition) is 2. The largest absolute Gasteiger partial charge is 0.383 e. The van der Waals surface area contributed by atoms with Gasteiger partial charge < -0.3 is 15.4 Å². The van der Waals surface area contributed by atoms with Gasteiger partial charge in [-0.3, -0.25) is 4.79 Å². The molecule has 0 spiro atoms. The third kappa shape index (κ3) is 7.59. The molecule has 0 aliphatic heterocycles. The van der Waals surface area contributed by atoms with Crippen LogP contribution < -0.4 is 10.6 Å². The molecule has 0 aromatic heterocycles. The topological polar surface area (TPSA) is 50.4 Å². The molecule has 14 heavy (non-hydrogen) atoms. The molecule has 0 rings (SSSR count). The summed E-state index contributed by atoms with van der Waals surface area (Å²) in [6.45, 7) is 3.32. The van der Waals surface area contributed by atoms with E-state index in [2.05, 4.69) is 16.6 Å². The average Bonchev–Trinajstić information content (AvgIpc) is 2.16. The molecule has 1 unspecified atom stereocenters. The number of rotatable bonds is 7. The van der Waals surface area contributed by atoms with Gasteiger partial charge in [0.25, 0.3) is 0 Å². The predicted octanol–water partition coefficient (Wildman–Crippen LogP) is -0.250. The highest BCUT2D eigenvalue weighted by Gasteiger charge is 2.03. The van der Waals surface area contributed by atoms with Gasteiger partial charge in [0.05, 0.1) is 13.2 Å². The van der Waals surface area contributed by atoms with Crippen LogP contribution in [-0.2, 0) is 9.53 Å². The molecule has 0 aromatic carbocycles. The van der Waals surface area contributed by atoms with Gasteiger partial charge in [0.15, 0.2) is 0 Å². The van der Waals surface area contributed by atoms with Crippen molar-refractivity contribution < 1.29 is 9.53 Å². The standard InChI is InChI=1S/C10H18N2O2/c1-4-5-9(2)12-8-10(13)11-6-7-14-3/h1,9,12H,5-8H2,2-3H3,(H,11,13).